The van der Waals surface area contributed by atoms with E-state index < -0.39 is 0 Å². The average Bonchev–Trinajstić information content (AvgIpc) is 2.20. The van der Waals surface area contributed by atoms with Gasteiger partial charge in [-0.1, -0.05) is 24.8 Å². The first kappa shape index (κ1) is 11.0. The van der Waals surface area contributed by atoms with Crippen LogP contribution in [0.15, 0.2) is 28.7 Å². The molecule has 1 aromatic heterocycles. The van der Waals surface area contributed by atoms with Crippen LogP contribution in [-0.4, -0.2) is 15.3 Å². The smallest absolute Gasteiger partial charge is 0.254 e. The quantitative estimate of drug-likeness (QED) is 0.430. The highest BCUT2D eigenvalue weighted by Gasteiger charge is 2.03. The van der Waals surface area contributed by atoms with Crippen molar-refractivity contribution in [3.63, 3.8) is 0 Å². The molecular weight excluding hydrogens is 196 g/mol. The van der Waals surface area contributed by atoms with Crippen LogP contribution in [0.1, 0.15) is 12.6 Å². The lowest BCUT2D eigenvalue weighted by atomic mass is 10.3. The summed E-state index contributed by atoms with van der Waals surface area (Å²) < 4.78 is 1.56. The molecule has 14 heavy (non-hydrogen) atoms. The van der Waals surface area contributed by atoms with Gasteiger partial charge in [-0.05, 0) is 6.42 Å². The molecule has 1 heterocycles. The van der Waals surface area contributed by atoms with Crippen LogP contribution in [0, 0.1) is 0 Å². The third-order valence-electron chi connectivity index (χ3n) is 1.84. The zero-order chi connectivity index (χ0) is 10.6. The molecule has 3 nitrogen and oxygen atoms in total. The van der Waals surface area contributed by atoms with Crippen molar-refractivity contribution in [1.82, 2.24) is 9.55 Å². The van der Waals surface area contributed by atoms with Gasteiger partial charge in [-0.25, -0.2) is 4.98 Å². The van der Waals surface area contributed by atoms with Crippen LogP contribution in [0.25, 0.3) is 0 Å². The number of hydrogen-bond acceptors (Lipinski definition) is 3. The molecule has 0 atom stereocenters. The van der Waals surface area contributed by atoms with E-state index in [2.05, 4.69) is 11.6 Å². The van der Waals surface area contributed by atoms with Crippen molar-refractivity contribution >= 4 is 11.8 Å². The molecule has 0 aliphatic heterocycles. The SMILES string of the molecule is C=CCSc1nc(CC)cc(=O)n1C. The van der Waals surface area contributed by atoms with Gasteiger partial charge < -0.3 is 0 Å². The molecule has 0 fully saturated rings. The summed E-state index contributed by atoms with van der Waals surface area (Å²) in [7, 11) is 1.74. The van der Waals surface area contributed by atoms with Crippen molar-refractivity contribution < 1.29 is 0 Å². The van der Waals surface area contributed by atoms with Crippen LogP contribution in [0.2, 0.25) is 0 Å². The summed E-state index contributed by atoms with van der Waals surface area (Å²) in [4.78, 5) is 15.8. The fourth-order valence-electron chi connectivity index (χ4n) is 1.01. The lowest BCUT2D eigenvalue weighted by Gasteiger charge is -2.06. The number of nitrogens with zero attached hydrogens (tertiary/aromatic N) is 2. The molecule has 76 valence electrons. The molecule has 0 aromatic carbocycles. The Morgan fingerprint density at radius 1 is 1.71 bits per heavy atom. The molecule has 1 rings (SSSR count). The van der Waals surface area contributed by atoms with Crippen LogP contribution < -0.4 is 5.56 Å². The van der Waals surface area contributed by atoms with Gasteiger partial charge in [-0.2, -0.15) is 0 Å². The van der Waals surface area contributed by atoms with Gasteiger partial charge in [0.15, 0.2) is 5.16 Å². The molecule has 0 aliphatic rings. The largest absolute Gasteiger partial charge is 0.291 e. The second-order valence-electron chi connectivity index (χ2n) is 2.88. The standard InChI is InChI=1S/C10H14N2OS/c1-4-6-14-10-11-8(5-2)7-9(13)12(10)3/h4,7H,1,5-6H2,2-3H3. The van der Waals surface area contributed by atoms with E-state index in [1.54, 1.807) is 23.8 Å². The average molecular weight is 210 g/mol. The Labute approximate surface area is 87.9 Å². The Morgan fingerprint density at radius 2 is 2.43 bits per heavy atom. The summed E-state index contributed by atoms with van der Waals surface area (Å²) in [5, 5.41) is 0.759. The van der Waals surface area contributed by atoms with Gasteiger partial charge in [0.05, 0.1) is 0 Å². The van der Waals surface area contributed by atoms with Gasteiger partial charge >= 0.3 is 0 Å². The third kappa shape index (κ3) is 2.48. The second kappa shape index (κ2) is 5.00. The van der Waals surface area contributed by atoms with Crippen LogP contribution in [0.5, 0.6) is 0 Å². The summed E-state index contributed by atoms with van der Waals surface area (Å²) in [6.45, 7) is 5.62. The number of aromatic nitrogens is 2. The summed E-state index contributed by atoms with van der Waals surface area (Å²) in [5.74, 6) is 0.771. The second-order valence-corrected chi connectivity index (χ2v) is 3.87. The Bertz CT molecular complexity index is 384. The highest BCUT2D eigenvalue weighted by atomic mass is 32.2. The van der Waals surface area contributed by atoms with E-state index in [1.807, 2.05) is 6.92 Å². The van der Waals surface area contributed by atoms with Gasteiger partial charge in [-0.15, -0.1) is 6.58 Å². The van der Waals surface area contributed by atoms with E-state index in [0.717, 1.165) is 23.0 Å². The van der Waals surface area contributed by atoms with E-state index in [0.29, 0.717) is 0 Å². The minimum absolute atomic E-state index is 0.00316. The fourth-order valence-corrected chi connectivity index (χ4v) is 1.74. The van der Waals surface area contributed by atoms with Crippen LogP contribution in [0.3, 0.4) is 0 Å². The maximum absolute atomic E-state index is 11.5. The van der Waals surface area contributed by atoms with Crippen molar-refractivity contribution in [1.29, 1.82) is 0 Å². The van der Waals surface area contributed by atoms with Crippen molar-refractivity contribution in [2.45, 2.75) is 18.5 Å². The Morgan fingerprint density at radius 3 is 3.00 bits per heavy atom. The zero-order valence-electron chi connectivity index (χ0n) is 8.49. The monoisotopic (exact) mass is 210 g/mol. The highest BCUT2D eigenvalue weighted by molar-refractivity contribution is 7.99. The summed E-state index contributed by atoms with van der Waals surface area (Å²) in [6.07, 6.45) is 2.59. The number of aryl methyl sites for hydroxylation is 1. The summed E-state index contributed by atoms with van der Waals surface area (Å²) in [6, 6.07) is 1.58. The Kier molecular flexibility index (Phi) is 3.95. The molecule has 0 aliphatic carbocycles. The molecule has 0 N–H and O–H groups in total. The molecule has 0 saturated heterocycles. The lowest BCUT2D eigenvalue weighted by molar-refractivity contribution is 0.691. The highest BCUT2D eigenvalue weighted by Crippen LogP contribution is 2.13. The van der Waals surface area contributed by atoms with Gasteiger partial charge in [-0.3, -0.25) is 9.36 Å². The van der Waals surface area contributed by atoms with Crippen molar-refractivity contribution in [3.05, 3.63) is 34.8 Å². The molecule has 0 amide bonds. The van der Waals surface area contributed by atoms with Crippen molar-refractivity contribution in [3.8, 4) is 0 Å². The molecule has 0 unspecified atom stereocenters. The molecule has 0 bridgehead atoms. The number of thioether (sulfide) groups is 1. The first-order chi connectivity index (χ1) is 6.69. The van der Waals surface area contributed by atoms with Gasteiger partial charge in [0.1, 0.15) is 0 Å². The Hall–Kier alpha value is -1.03. The normalized spacial score (nSPS) is 10.1. The minimum Gasteiger partial charge on any atom is -0.291 e. The molecule has 0 spiro atoms. The van der Waals surface area contributed by atoms with Gasteiger partial charge in [0.2, 0.25) is 0 Å². The van der Waals surface area contributed by atoms with Crippen LogP contribution in [-0.2, 0) is 13.5 Å². The van der Waals surface area contributed by atoms with Crippen LogP contribution >= 0.6 is 11.8 Å². The molecule has 1 aromatic rings. The topological polar surface area (TPSA) is 34.9 Å². The molecular formula is C10H14N2OS. The first-order valence-electron chi connectivity index (χ1n) is 4.49. The van der Waals surface area contributed by atoms with E-state index in [9.17, 15) is 4.79 Å². The molecule has 0 radical (unpaired) electrons. The number of rotatable bonds is 4. The predicted molar refractivity (Wildman–Crippen MR) is 59.8 cm³/mol. The third-order valence-corrected chi connectivity index (χ3v) is 2.87. The minimum atomic E-state index is 0.00316. The zero-order valence-corrected chi connectivity index (χ0v) is 9.30. The molecule has 4 heteroatoms. The van der Waals surface area contributed by atoms with E-state index in [4.69, 9.17) is 0 Å². The van der Waals surface area contributed by atoms with Crippen LogP contribution in [0.4, 0.5) is 0 Å². The fraction of sp³-hybridized carbons (Fsp3) is 0.400. The predicted octanol–water partition coefficient (Wildman–Crippen LogP) is 1.62. The van der Waals surface area contributed by atoms with Gasteiger partial charge in [0.25, 0.3) is 5.56 Å². The maximum Gasteiger partial charge on any atom is 0.254 e. The maximum atomic E-state index is 11.5. The van der Waals surface area contributed by atoms with E-state index in [1.165, 1.54) is 11.8 Å². The summed E-state index contributed by atoms with van der Waals surface area (Å²) >= 11 is 1.52. The lowest BCUT2D eigenvalue weighted by Crippen LogP contribution is -2.20. The summed E-state index contributed by atoms with van der Waals surface area (Å²) in [5.41, 5.74) is 0.850. The first-order valence-corrected chi connectivity index (χ1v) is 5.48. The van der Waals surface area contributed by atoms with Gasteiger partial charge in [0, 0.05) is 24.6 Å². The Balaban J connectivity index is 3.07. The van der Waals surface area contributed by atoms with Crippen molar-refractivity contribution in [2.75, 3.05) is 5.75 Å². The van der Waals surface area contributed by atoms with E-state index >= 15 is 0 Å². The molecule has 0 saturated carbocycles. The van der Waals surface area contributed by atoms with E-state index in [-0.39, 0.29) is 5.56 Å². The van der Waals surface area contributed by atoms with Crippen molar-refractivity contribution in [2.24, 2.45) is 7.05 Å². The number of hydrogen-bond donors (Lipinski definition) is 0.